The molecule has 0 heterocycles. The molecular formula is C14H22BrNO2. The van der Waals surface area contributed by atoms with Crippen LogP contribution in [0.25, 0.3) is 0 Å². The van der Waals surface area contributed by atoms with Crippen molar-refractivity contribution >= 4 is 15.9 Å². The molecular weight excluding hydrogens is 294 g/mol. The van der Waals surface area contributed by atoms with Crippen molar-refractivity contribution in [2.24, 2.45) is 0 Å². The Labute approximate surface area is 118 Å². The molecule has 0 fully saturated rings. The first-order valence-corrected chi connectivity index (χ1v) is 7.00. The fraction of sp³-hybridized carbons (Fsp3) is 0.571. The molecule has 102 valence electrons. The second-order valence-electron chi connectivity index (χ2n) is 5.18. The average Bonchev–Trinajstić information content (AvgIpc) is 2.26. The first-order valence-electron chi connectivity index (χ1n) is 6.20. The molecule has 0 aliphatic heterocycles. The first kappa shape index (κ1) is 15.6. The maximum Gasteiger partial charge on any atom is 0.0927 e. The third kappa shape index (κ3) is 5.06. The van der Waals surface area contributed by atoms with Gasteiger partial charge in [-0.15, -0.1) is 0 Å². The number of nitrogens with zero attached hydrogens (tertiary/aromatic N) is 1. The Morgan fingerprint density at radius 2 is 1.94 bits per heavy atom. The van der Waals surface area contributed by atoms with E-state index in [0.29, 0.717) is 13.1 Å². The van der Waals surface area contributed by atoms with E-state index in [9.17, 15) is 10.2 Å². The van der Waals surface area contributed by atoms with Crippen molar-refractivity contribution in [2.45, 2.75) is 32.5 Å². The molecule has 0 spiro atoms. The molecule has 0 amide bonds. The summed E-state index contributed by atoms with van der Waals surface area (Å²) in [7, 11) is 0. The van der Waals surface area contributed by atoms with Crippen molar-refractivity contribution < 1.29 is 10.2 Å². The van der Waals surface area contributed by atoms with Gasteiger partial charge in [-0.2, -0.15) is 0 Å². The van der Waals surface area contributed by atoms with E-state index >= 15 is 0 Å². The molecule has 1 atom stereocenters. The van der Waals surface area contributed by atoms with Gasteiger partial charge in [0.1, 0.15) is 0 Å². The van der Waals surface area contributed by atoms with Crippen LogP contribution in [0.4, 0.5) is 0 Å². The van der Waals surface area contributed by atoms with Crippen LogP contribution >= 0.6 is 15.9 Å². The van der Waals surface area contributed by atoms with Crippen LogP contribution in [0.2, 0.25) is 0 Å². The van der Waals surface area contributed by atoms with Gasteiger partial charge in [0.25, 0.3) is 0 Å². The molecule has 1 aromatic rings. The van der Waals surface area contributed by atoms with Gasteiger partial charge in [0, 0.05) is 17.6 Å². The Morgan fingerprint density at radius 3 is 2.44 bits per heavy atom. The highest BCUT2D eigenvalue weighted by Gasteiger charge is 2.20. The van der Waals surface area contributed by atoms with Crippen molar-refractivity contribution in [3.8, 4) is 0 Å². The van der Waals surface area contributed by atoms with E-state index in [2.05, 4.69) is 15.9 Å². The number of halogens is 1. The van der Waals surface area contributed by atoms with Gasteiger partial charge in [-0.05, 0) is 32.0 Å². The minimum atomic E-state index is -0.746. The molecule has 2 N–H and O–H groups in total. The summed E-state index contributed by atoms with van der Waals surface area (Å²) >= 11 is 3.44. The lowest BCUT2D eigenvalue weighted by molar-refractivity contribution is 0.0202. The number of aliphatic hydroxyl groups is 2. The van der Waals surface area contributed by atoms with Crippen molar-refractivity contribution in [1.82, 2.24) is 4.90 Å². The molecule has 4 heteroatoms. The van der Waals surface area contributed by atoms with Gasteiger partial charge >= 0.3 is 0 Å². The smallest absolute Gasteiger partial charge is 0.0927 e. The zero-order valence-electron chi connectivity index (χ0n) is 11.2. The largest absolute Gasteiger partial charge is 0.389 e. The number of hydrogen-bond donors (Lipinski definition) is 2. The predicted octanol–water partition coefficient (Wildman–Crippen LogP) is 2.58. The highest BCUT2D eigenvalue weighted by atomic mass is 79.9. The molecule has 0 aromatic heterocycles. The maximum atomic E-state index is 10.2. The van der Waals surface area contributed by atoms with E-state index in [1.165, 1.54) is 0 Å². The Hall–Kier alpha value is -0.420. The third-order valence-corrected chi connectivity index (χ3v) is 3.48. The van der Waals surface area contributed by atoms with Crippen molar-refractivity contribution in [3.63, 3.8) is 0 Å². The lowest BCUT2D eigenvalue weighted by Crippen LogP contribution is -2.40. The molecule has 18 heavy (non-hydrogen) atoms. The number of benzene rings is 1. The quantitative estimate of drug-likeness (QED) is 0.848. The normalized spacial score (nSPS) is 13.9. The predicted molar refractivity (Wildman–Crippen MR) is 77.5 cm³/mol. The highest BCUT2D eigenvalue weighted by molar-refractivity contribution is 9.10. The second-order valence-corrected chi connectivity index (χ2v) is 6.03. The van der Waals surface area contributed by atoms with Crippen molar-refractivity contribution in [3.05, 3.63) is 34.3 Å². The van der Waals surface area contributed by atoms with Crippen LogP contribution in [0, 0.1) is 0 Å². The van der Waals surface area contributed by atoms with Crippen molar-refractivity contribution in [2.75, 3.05) is 19.6 Å². The van der Waals surface area contributed by atoms with E-state index < -0.39 is 11.7 Å². The summed E-state index contributed by atoms with van der Waals surface area (Å²) in [6.07, 6.45) is -0.553. The van der Waals surface area contributed by atoms with Gasteiger partial charge in [0.15, 0.2) is 0 Å². The molecule has 0 saturated carbocycles. The number of rotatable bonds is 6. The van der Waals surface area contributed by atoms with Gasteiger partial charge in [0.05, 0.1) is 11.7 Å². The average molecular weight is 316 g/mol. The lowest BCUT2D eigenvalue weighted by Gasteiger charge is -2.29. The number of likely N-dealkylation sites (N-methyl/N-ethyl adjacent to an activating group) is 1. The summed E-state index contributed by atoms with van der Waals surface area (Å²) < 4.78 is 0.914. The summed E-state index contributed by atoms with van der Waals surface area (Å²) in [5.41, 5.74) is 0.135. The monoisotopic (exact) mass is 315 g/mol. The Bertz CT molecular complexity index is 376. The summed E-state index contributed by atoms with van der Waals surface area (Å²) in [4.78, 5) is 2.05. The fourth-order valence-electron chi connectivity index (χ4n) is 1.94. The summed E-state index contributed by atoms with van der Waals surface area (Å²) in [6.45, 7) is 7.44. The fourth-order valence-corrected chi connectivity index (χ4v) is 2.49. The van der Waals surface area contributed by atoms with Crippen LogP contribution in [0.3, 0.4) is 0 Å². The Morgan fingerprint density at radius 1 is 1.33 bits per heavy atom. The second kappa shape index (κ2) is 6.66. The maximum absolute atomic E-state index is 10.2. The molecule has 0 aliphatic rings. The first-order chi connectivity index (χ1) is 8.33. The van der Waals surface area contributed by atoms with Crippen LogP contribution in [0.1, 0.15) is 32.4 Å². The van der Waals surface area contributed by atoms with E-state index in [4.69, 9.17) is 0 Å². The van der Waals surface area contributed by atoms with Gasteiger partial charge in [0.2, 0.25) is 0 Å². The summed E-state index contributed by atoms with van der Waals surface area (Å²) in [5, 5.41) is 20.1. The van der Waals surface area contributed by atoms with E-state index in [1.807, 2.05) is 36.1 Å². The molecule has 3 nitrogen and oxygen atoms in total. The summed E-state index contributed by atoms with van der Waals surface area (Å²) in [6, 6.07) is 7.67. The van der Waals surface area contributed by atoms with Crippen LogP contribution < -0.4 is 0 Å². The van der Waals surface area contributed by atoms with Crippen LogP contribution in [-0.2, 0) is 0 Å². The van der Waals surface area contributed by atoms with Gasteiger partial charge in [-0.25, -0.2) is 0 Å². The van der Waals surface area contributed by atoms with E-state index in [1.54, 1.807) is 13.8 Å². The standard InChI is InChI=1S/C14H22BrNO2/c1-4-16(10-14(2,3)18)9-13(17)11-7-5-6-8-12(11)15/h5-8,13,17-18H,4,9-10H2,1-3H3. The van der Waals surface area contributed by atoms with Gasteiger partial charge < -0.3 is 10.2 Å². The minimum Gasteiger partial charge on any atom is -0.389 e. The van der Waals surface area contributed by atoms with Crippen LogP contribution in [0.15, 0.2) is 28.7 Å². The topological polar surface area (TPSA) is 43.7 Å². The van der Waals surface area contributed by atoms with Crippen LogP contribution in [-0.4, -0.2) is 40.3 Å². The highest BCUT2D eigenvalue weighted by Crippen LogP contribution is 2.24. The molecule has 0 radical (unpaired) electrons. The molecule has 0 saturated heterocycles. The van der Waals surface area contributed by atoms with E-state index in [-0.39, 0.29) is 0 Å². The SMILES string of the molecule is CCN(CC(O)c1ccccc1Br)CC(C)(C)O. The molecule has 0 bridgehead atoms. The third-order valence-electron chi connectivity index (χ3n) is 2.75. The lowest BCUT2D eigenvalue weighted by atomic mass is 10.1. The van der Waals surface area contributed by atoms with Gasteiger partial charge in [-0.1, -0.05) is 41.1 Å². The van der Waals surface area contributed by atoms with E-state index in [0.717, 1.165) is 16.6 Å². The zero-order chi connectivity index (χ0) is 13.8. The number of aliphatic hydroxyl groups excluding tert-OH is 1. The minimum absolute atomic E-state index is 0.517. The molecule has 1 aromatic carbocycles. The Kier molecular flexibility index (Phi) is 5.79. The number of hydrogen-bond acceptors (Lipinski definition) is 3. The summed E-state index contributed by atoms with van der Waals surface area (Å²) in [5.74, 6) is 0. The zero-order valence-corrected chi connectivity index (χ0v) is 12.8. The van der Waals surface area contributed by atoms with Gasteiger partial charge in [-0.3, -0.25) is 4.90 Å². The molecule has 0 aliphatic carbocycles. The molecule has 1 rings (SSSR count). The molecule has 1 unspecified atom stereocenters. The van der Waals surface area contributed by atoms with Crippen LogP contribution in [0.5, 0.6) is 0 Å². The Balaban J connectivity index is 2.68. The van der Waals surface area contributed by atoms with Crippen molar-refractivity contribution in [1.29, 1.82) is 0 Å².